The number of unbranched alkanes of at least 4 members (excludes halogenated alkanes) is 3. The predicted molar refractivity (Wildman–Crippen MR) is 100 cm³/mol. The number of hydrogen-bond acceptors (Lipinski definition) is 4. The van der Waals surface area contributed by atoms with Crippen LogP contribution in [0.3, 0.4) is 0 Å². The van der Waals surface area contributed by atoms with E-state index in [1.165, 1.54) is 0 Å². The van der Waals surface area contributed by atoms with Gasteiger partial charge in [-0.1, -0.05) is 79.8 Å². The predicted octanol–water partition coefficient (Wildman–Crippen LogP) is 5.62. The fourth-order valence-electron chi connectivity index (χ4n) is 2.11. The smallest absolute Gasteiger partial charge is 0.303 e. The first-order chi connectivity index (χ1) is 12.2. The number of carboxylic acids is 1. The first-order valence-electron chi connectivity index (χ1n) is 9.02. The van der Waals surface area contributed by atoms with Gasteiger partial charge in [0.15, 0.2) is 0 Å². The lowest BCUT2D eigenvalue weighted by Crippen LogP contribution is -2.08. The largest absolute Gasteiger partial charge is 0.481 e. The summed E-state index contributed by atoms with van der Waals surface area (Å²) in [6, 6.07) is 0. The average molecular weight is 352 g/mol. The first kappa shape index (κ1) is 23.3. The standard InChI is InChI=1S/C20H32O5/c1-2-3-13-16-19(24-25-23)17-14-11-9-7-5-4-6-8-10-12-15-18-20(21)22/h4-5,8-11,14,17,19,23H,2-3,6-7,12-13,15-16,18H2,1H3,(H,21,22)/t19-/m0/s1. The Bertz CT molecular complexity index is 424. The molecule has 0 amide bonds. The second-order valence-corrected chi connectivity index (χ2v) is 5.72. The normalized spacial score (nSPS) is 13.7. The lowest BCUT2D eigenvalue weighted by Gasteiger charge is -2.08. The van der Waals surface area contributed by atoms with Crippen LogP contribution in [0.5, 0.6) is 0 Å². The van der Waals surface area contributed by atoms with Gasteiger partial charge in [-0.25, -0.2) is 5.26 Å². The van der Waals surface area contributed by atoms with E-state index in [4.69, 9.17) is 15.3 Å². The van der Waals surface area contributed by atoms with Crippen molar-refractivity contribution in [3.8, 4) is 0 Å². The molecule has 2 N–H and O–H groups in total. The number of rotatable bonds is 16. The second kappa shape index (κ2) is 18.6. The molecule has 0 aliphatic heterocycles. The highest BCUT2D eigenvalue weighted by Crippen LogP contribution is 2.08. The Morgan fingerprint density at radius 2 is 1.72 bits per heavy atom. The van der Waals surface area contributed by atoms with Crippen molar-refractivity contribution < 1.29 is 25.1 Å². The van der Waals surface area contributed by atoms with Gasteiger partial charge in [0.1, 0.15) is 6.10 Å². The lowest BCUT2D eigenvalue weighted by molar-refractivity contribution is -0.501. The van der Waals surface area contributed by atoms with Crippen molar-refractivity contribution >= 4 is 5.97 Å². The van der Waals surface area contributed by atoms with Crippen molar-refractivity contribution in [1.82, 2.24) is 0 Å². The zero-order chi connectivity index (χ0) is 18.6. The molecule has 0 aromatic carbocycles. The van der Waals surface area contributed by atoms with E-state index in [1.807, 2.05) is 30.4 Å². The molecular weight excluding hydrogens is 320 g/mol. The molecule has 0 aliphatic carbocycles. The highest BCUT2D eigenvalue weighted by molar-refractivity contribution is 5.66. The fraction of sp³-hybridized carbons (Fsp3) is 0.550. The molecule has 5 heteroatoms. The summed E-state index contributed by atoms with van der Waals surface area (Å²) in [5.74, 6) is -0.739. The highest BCUT2D eigenvalue weighted by atomic mass is 17.5. The molecule has 142 valence electrons. The van der Waals surface area contributed by atoms with Crippen molar-refractivity contribution in [2.24, 2.45) is 0 Å². The fourth-order valence-corrected chi connectivity index (χ4v) is 2.11. The van der Waals surface area contributed by atoms with Crippen LogP contribution < -0.4 is 0 Å². The Balaban J connectivity index is 3.79. The molecule has 0 bridgehead atoms. The molecular formula is C20H32O5. The van der Waals surface area contributed by atoms with Crippen LogP contribution in [0.1, 0.15) is 64.7 Å². The van der Waals surface area contributed by atoms with Crippen molar-refractivity contribution in [1.29, 1.82) is 0 Å². The maximum Gasteiger partial charge on any atom is 0.303 e. The minimum absolute atomic E-state index is 0.230. The molecule has 5 nitrogen and oxygen atoms in total. The van der Waals surface area contributed by atoms with Gasteiger partial charge >= 0.3 is 5.97 Å². The van der Waals surface area contributed by atoms with E-state index in [2.05, 4.69) is 30.2 Å². The van der Waals surface area contributed by atoms with Crippen LogP contribution in [0.25, 0.3) is 0 Å². The molecule has 1 atom stereocenters. The van der Waals surface area contributed by atoms with Crippen LogP contribution in [0, 0.1) is 0 Å². The molecule has 0 saturated heterocycles. The molecule has 0 saturated carbocycles. The van der Waals surface area contributed by atoms with Gasteiger partial charge in [0.05, 0.1) is 0 Å². The third-order valence-electron chi connectivity index (χ3n) is 3.47. The third kappa shape index (κ3) is 18.5. The van der Waals surface area contributed by atoms with Gasteiger partial charge in [-0.15, -0.1) is 0 Å². The Hall–Kier alpha value is -1.69. The quantitative estimate of drug-likeness (QED) is 0.124. The first-order valence-corrected chi connectivity index (χ1v) is 9.02. The van der Waals surface area contributed by atoms with Gasteiger partial charge in [0.25, 0.3) is 0 Å². The van der Waals surface area contributed by atoms with Gasteiger partial charge < -0.3 is 5.11 Å². The van der Waals surface area contributed by atoms with E-state index in [9.17, 15) is 4.79 Å². The topological polar surface area (TPSA) is 76.0 Å². The number of allylic oxidation sites excluding steroid dienone is 7. The van der Waals surface area contributed by atoms with E-state index in [1.54, 1.807) is 0 Å². The summed E-state index contributed by atoms with van der Waals surface area (Å²) >= 11 is 0. The van der Waals surface area contributed by atoms with Crippen LogP contribution in [0.2, 0.25) is 0 Å². The molecule has 0 fully saturated rings. The Labute approximate surface area is 151 Å². The maximum absolute atomic E-state index is 10.3. The number of aliphatic carboxylic acids is 1. The van der Waals surface area contributed by atoms with E-state index in [-0.39, 0.29) is 12.5 Å². The van der Waals surface area contributed by atoms with Gasteiger partial charge in [0.2, 0.25) is 0 Å². The summed E-state index contributed by atoms with van der Waals surface area (Å²) in [7, 11) is 0. The van der Waals surface area contributed by atoms with Crippen molar-refractivity contribution in [3.05, 3.63) is 48.6 Å². The lowest BCUT2D eigenvalue weighted by atomic mass is 10.1. The SMILES string of the molecule is CCCCC[C@@H](C=CC=CCC=CCC=CCCCC(=O)O)OOO. The highest BCUT2D eigenvalue weighted by Gasteiger charge is 2.04. The number of carbonyl (C=O) groups is 1. The Kier molecular flexibility index (Phi) is 17.4. The molecule has 0 aromatic rings. The summed E-state index contributed by atoms with van der Waals surface area (Å²) in [6.45, 7) is 2.14. The minimum atomic E-state index is -0.739. The van der Waals surface area contributed by atoms with E-state index in [0.717, 1.165) is 44.9 Å². The van der Waals surface area contributed by atoms with Gasteiger partial charge in [-0.05, 0) is 32.1 Å². The van der Waals surface area contributed by atoms with Crippen LogP contribution in [-0.4, -0.2) is 22.4 Å². The van der Waals surface area contributed by atoms with Gasteiger partial charge in [-0.3, -0.25) is 4.79 Å². The maximum atomic E-state index is 10.3. The van der Waals surface area contributed by atoms with Crippen LogP contribution in [0.15, 0.2) is 48.6 Å². The zero-order valence-electron chi connectivity index (χ0n) is 15.2. The summed E-state index contributed by atoms with van der Waals surface area (Å²) in [5.41, 5.74) is 0. The van der Waals surface area contributed by atoms with E-state index in [0.29, 0.717) is 6.42 Å². The molecule has 0 spiro atoms. The van der Waals surface area contributed by atoms with Crippen LogP contribution in [-0.2, 0) is 14.7 Å². The number of carboxylic acid groups (broad SMARTS) is 1. The van der Waals surface area contributed by atoms with Gasteiger partial charge in [-0.2, -0.15) is 4.89 Å². The molecule has 0 heterocycles. The Morgan fingerprint density at radius 3 is 2.40 bits per heavy atom. The monoisotopic (exact) mass is 352 g/mol. The average Bonchev–Trinajstić information content (AvgIpc) is 2.58. The van der Waals surface area contributed by atoms with E-state index >= 15 is 0 Å². The molecule has 0 aliphatic rings. The van der Waals surface area contributed by atoms with E-state index < -0.39 is 5.97 Å². The molecule has 0 unspecified atom stereocenters. The summed E-state index contributed by atoms with van der Waals surface area (Å²) < 4.78 is 0. The van der Waals surface area contributed by atoms with Crippen molar-refractivity contribution in [3.63, 3.8) is 0 Å². The van der Waals surface area contributed by atoms with Crippen LogP contribution in [0.4, 0.5) is 0 Å². The summed E-state index contributed by atoms with van der Waals surface area (Å²) in [6.07, 6.45) is 23.3. The van der Waals surface area contributed by atoms with Crippen molar-refractivity contribution in [2.75, 3.05) is 0 Å². The van der Waals surface area contributed by atoms with Crippen LogP contribution >= 0.6 is 0 Å². The zero-order valence-corrected chi connectivity index (χ0v) is 15.2. The van der Waals surface area contributed by atoms with Crippen molar-refractivity contribution in [2.45, 2.75) is 70.8 Å². The molecule has 0 aromatic heterocycles. The molecule has 25 heavy (non-hydrogen) atoms. The second-order valence-electron chi connectivity index (χ2n) is 5.72. The molecule has 0 radical (unpaired) electrons. The minimum Gasteiger partial charge on any atom is -0.481 e. The number of hydrogen-bond donors (Lipinski definition) is 2. The van der Waals surface area contributed by atoms with Gasteiger partial charge in [0, 0.05) is 6.42 Å². The summed E-state index contributed by atoms with van der Waals surface area (Å²) in [4.78, 5) is 15.1. The Morgan fingerprint density at radius 1 is 1.00 bits per heavy atom. The third-order valence-corrected chi connectivity index (χ3v) is 3.47. The summed E-state index contributed by atoms with van der Waals surface area (Å²) in [5, 5.41) is 20.7. The molecule has 0 rings (SSSR count).